The van der Waals surface area contributed by atoms with Gasteiger partial charge in [0.15, 0.2) is 6.61 Å². The first-order valence-electron chi connectivity index (χ1n) is 9.06. The number of rotatable bonds is 8. The van der Waals surface area contributed by atoms with Crippen LogP contribution >= 0.6 is 0 Å². The van der Waals surface area contributed by atoms with Crippen LogP contribution in [0.5, 0.6) is 5.75 Å². The van der Waals surface area contributed by atoms with Crippen molar-refractivity contribution in [3.8, 4) is 5.75 Å². The van der Waals surface area contributed by atoms with Gasteiger partial charge in [0, 0.05) is 5.69 Å². The zero-order valence-electron chi connectivity index (χ0n) is 15.8. The summed E-state index contributed by atoms with van der Waals surface area (Å²) in [6, 6.07) is 16.0. The van der Waals surface area contributed by atoms with E-state index < -0.39 is 18.5 Å². The summed E-state index contributed by atoms with van der Waals surface area (Å²) >= 11 is 0. The summed E-state index contributed by atoms with van der Waals surface area (Å²) in [4.78, 5) is 24.0. The van der Waals surface area contributed by atoms with Crippen molar-refractivity contribution in [2.24, 2.45) is 0 Å². The number of halogens is 1. The first kappa shape index (κ1) is 20.1. The zero-order valence-corrected chi connectivity index (χ0v) is 15.8. The Morgan fingerprint density at radius 3 is 2.62 bits per heavy atom. The van der Waals surface area contributed by atoms with E-state index in [1.54, 1.807) is 12.1 Å². The van der Waals surface area contributed by atoms with Crippen LogP contribution < -0.4 is 10.1 Å². The van der Waals surface area contributed by atoms with Crippen LogP contribution in [0.25, 0.3) is 0 Å². The third-order valence-electron chi connectivity index (χ3n) is 4.01. The van der Waals surface area contributed by atoms with E-state index in [-0.39, 0.29) is 18.2 Å². The first-order valence-corrected chi connectivity index (χ1v) is 9.06. The fourth-order valence-electron chi connectivity index (χ4n) is 2.52. The van der Waals surface area contributed by atoms with E-state index in [1.807, 2.05) is 25.1 Å². The summed E-state index contributed by atoms with van der Waals surface area (Å²) in [7, 11) is 0. The molecule has 1 heterocycles. The van der Waals surface area contributed by atoms with Crippen LogP contribution in [0.3, 0.4) is 0 Å². The molecular formula is C22H20FNO5. The van der Waals surface area contributed by atoms with Gasteiger partial charge in [0.1, 0.15) is 23.9 Å². The molecule has 3 rings (SSSR count). The van der Waals surface area contributed by atoms with E-state index in [2.05, 4.69) is 5.32 Å². The number of furan rings is 1. The number of aryl methyl sites for hydroxylation is 1. The highest BCUT2D eigenvalue weighted by Gasteiger charge is 2.15. The van der Waals surface area contributed by atoms with Crippen molar-refractivity contribution < 1.29 is 27.9 Å². The molecule has 0 radical (unpaired) electrons. The van der Waals surface area contributed by atoms with E-state index in [0.717, 1.165) is 12.0 Å². The lowest BCUT2D eigenvalue weighted by Crippen LogP contribution is -2.20. The van der Waals surface area contributed by atoms with Gasteiger partial charge in [-0.3, -0.25) is 4.79 Å². The van der Waals surface area contributed by atoms with Crippen molar-refractivity contribution in [3.05, 3.63) is 83.6 Å². The van der Waals surface area contributed by atoms with Crippen LogP contribution in [0.1, 0.15) is 28.8 Å². The minimum atomic E-state index is -0.754. The summed E-state index contributed by atoms with van der Waals surface area (Å²) in [5, 5.41) is 2.68. The van der Waals surface area contributed by atoms with Crippen molar-refractivity contribution in [3.63, 3.8) is 0 Å². The normalized spacial score (nSPS) is 10.4. The Morgan fingerprint density at radius 2 is 1.86 bits per heavy atom. The molecule has 0 fully saturated rings. The van der Waals surface area contributed by atoms with Crippen LogP contribution in [0.2, 0.25) is 0 Å². The van der Waals surface area contributed by atoms with Gasteiger partial charge >= 0.3 is 5.97 Å². The first-order chi connectivity index (χ1) is 14.0. The predicted octanol–water partition coefficient (Wildman–Crippen LogP) is 4.36. The minimum Gasteiger partial charge on any atom is -0.486 e. The second-order valence-electron chi connectivity index (χ2n) is 6.19. The molecule has 3 aromatic rings. The molecule has 0 aliphatic carbocycles. The molecule has 0 saturated heterocycles. The van der Waals surface area contributed by atoms with Gasteiger partial charge in [-0.15, -0.1) is 0 Å². The smallest absolute Gasteiger partial charge is 0.374 e. The summed E-state index contributed by atoms with van der Waals surface area (Å²) in [6.45, 7) is 1.65. The van der Waals surface area contributed by atoms with Gasteiger partial charge in [0.2, 0.25) is 5.76 Å². The topological polar surface area (TPSA) is 77.8 Å². The number of anilines is 1. The quantitative estimate of drug-likeness (QED) is 0.572. The summed E-state index contributed by atoms with van der Waals surface area (Å²) in [5.41, 5.74) is 1.73. The third-order valence-corrected chi connectivity index (χ3v) is 4.01. The Hall–Kier alpha value is -3.61. The van der Waals surface area contributed by atoms with Gasteiger partial charge in [-0.1, -0.05) is 19.1 Å². The van der Waals surface area contributed by atoms with Gasteiger partial charge in [-0.05, 0) is 60.5 Å². The Balaban J connectivity index is 1.46. The molecule has 0 unspecified atom stereocenters. The molecule has 150 valence electrons. The van der Waals surface area contributed by atoms with Crippen LogP contribution in [0.4, 0.5) is 10.1 Å². The van der Waals surface area contributed by atoms with Crippen molar-refractivity contribution in [2.75, 3.05) is 11.9 Å². The van der Waals surface area contributed by atoms with Crippen molar-refractivity contribution in [2.45, 2.75) is 20.0 Å². The predicted molar refractivity (Wildman–Crippen MR) is 104 cm³/mol. The van der Waals surface area contributed by atoms with Gasteiger partial charge in [0.05, 0.1) is 0 Å². The Morgan fingerprint density at radius 1 is 1.07 bits per heavy atom. The highest BCUT2D eigenvalue weighted by atomic mass is 19.1. The fourth-order valence-corrected chi connectivity index (χ4v) is 2.52. The van der Waals surface area contributed by atoms with Crippen molar-refractivity contribution in [1.29, 1.82) is 0 Å². The monoisotopic (exact) mass is 397 g/mol. The molecular weight excluding hydrogens is 377 g/mol. The lowest BCUT2D eigenvalue weighted by atomic mass is 10.1. The lowest BCUT2D eigenvalue weighted by molar-refractivity contribution is -0.119. The van der Waals surface area contributed by atoms with E-state index >= 15 is 0 Å². The second kappa shape index (κ2) is 9.54. The van der Waals surface area contributed by atoms with Gasteiger partial charge in [-0.2, -0.15) is 0 Å². The highest BCUT2D eigenvalue weighted by Crippen LogP contribution is 2.16. The van der Waals surface area contributed by atoms with Crippen LogP contribution in [0, 0.1) is 5.82 Å². The molecule has 1 amide bonds. The molecule has 0 aliphatic heterocycles. The second-order valence-corrected chi connectivity index (χ2v) is 6.19. The maximum atomic E-state index is 12.9. The summed E-state index contributed by atoms with van der Waals surface area (Å²) in [6.07, 6.45) is 0.852. The zero-order chi connectivity index (χ0) is 20.6. The van der Waals surface area contributed by atoms with Crippen LogP contribution in [-0.4, -0.2) is 18.5 Å². The Kier molecular flexibility index (Phi) is 6.63. The Labute approximate surface area is 167 Å². The van der Waals surface area contributed by atoms with E-state index in [0.29, 0.717) is 17.2 Å². The van der Waals surface area contributed by atoms with Crippen LogP contribution in [0.15, 0.2) is 65.1 Å². The molecule has 2 aromatic carbocycles. The molecule has 29 heavy (non-hydrogen) atoms. The molecule has 0 spiro atoms. The van der Waals surface area contributed by atoms with Gasteiger partial charge in [0.25, 0.3) is 5.91 Å². The van der Waals surface area contributed by atoms with Gasteiger partial charge in [-0.25, -0.2) is 9.18 Å². The number of carbonyl (C=O) groups is 2. The number of ether oxygens (including phenoxy) is 2. The summed E-state index contributed by atoms with van der Waals surface area (Å²) in [5.74, 6) is -0.739. The largest absolute Gasteiger partial charge is 0.486 e. The Bertz CT molecular complexity index is 981. The molecule has 0 aliphatic rings. The molecule has 0 atom stereocenters. The number of nitrogens with one attached hydrogen (secondary N) is 1. The summed E-state index contributed by atoms with van der Waals surface area (Å²) < 4.78 is 28.7. The molecule has 7 heteroatoms. The number of hydrogen-bond acceptors (Lipinski definition) is 5. The lowest BCUT2D eigenvalue weighted by Gasteiger charge is -2.07. The number of hydrogen-bond donors (Lipinski definition) is 1. The highest BCUT2D eigenvalue weighted by molar-refractivity contribution is 5.94. The third kappa shape index (κ3) is 5.93. The molecule has 1 N–H and O–H groups in total. The van der Waals surface area contributed by atoms with Crippen molar-refractivity contribution >= 4 is 17.6 Å². The maximum absolute atomic E-state index is 12.9. The van der Waals surface area contributed by atoms with E-state index in [1.165, 1.54) is 30.3 Å². The van der Waals surface area contributed by atoms with E-state index in [4.69, 9.17) is 13.9 Å². The number of esters is 1. The molecule has 0 saturated carbocycles. The average Bonchev–Trinajstić information content (AvgIpc) is 3.21. The SMILES string of the molecule is CCc1cccc(NC(=O)COC(=O)c2ccc(COc3ccc(F)cc3)o2)c1. The molecule has 1 aromatic heterocycles. The minimum absolute atomic E-state index is 0.0384. The molecule has 6 nitrogen and oxygen atoms in total. The number of amides is 1. The standard InChI is InChI=1S/C22H20FNO5/c1-2-15-4-3-5-17(12-15)24-21(25)14-28-22(26)20-11-10-19(29-20)13-27-18-8-6-16(23)7-9-18/h3-12H,2,13-14H2,1H3,(H,24,25). The number of benzene rings is 2. The van der Waals surface area contributed by atoms with Crippen molar-refractivity contribution in [1.82, 2.24) is 0 Å². The van der Waals surface area contributed by atoms with Gasteiger partial charge < -0.3 is 19.2 Å². The maximum Gasteiger partial charge on any atom is 0.374 e. The number of carbonyl (C=O) groups excluding carboxylic acids is 2. The van der Waals surface area contributed by atoms with E-state index in [9.17, 15) is 14.0 Å². The van der Waals surface area contributed by atoms with Crippen LogP contribution in [-0.2, 0) is 22.6 Å². The average molecular weight is 397 g/mol. The fraction of sp³-hybridized carbons (Fsp3) is 0.182. The molecule has 0 bridgehead atoms.